The highest BCUT2D eigenvalue weighted by Gasteiger charge is 2.53. The smallest absolute Gasteiger partial charge is 0.258 e. The summed E-state index contributed by atoms with van der Waals surface area (Å²) in [4.78, 5) is 30.2. The number of carbonyl (C=O) groups is 1. The number of allylic oxidation sites excluding steroid dienone is 5. The molecular formula is C39H49F2N7O. The number of imidazole rings is 1. The number of benzene rings is 1. The summed E-state index contributed by atoms with van der Waals surface area (Å²) in [6.45, 7) is 14.3. The molecule has 7 rings (SSSR count). The molecule has 3 aromatic rings. The van der Waals surface area contributed by atoms with Crippen molar-refractivity contribution in [1.82, 2.24) is 24.3 Å². The Hall–Kier alpha value is -4.05. The summed E-state index contributed by atoms with van der Waals surface area (Å²) in [7, 11) is 1.95. The number of nitrogens with zero attached hydrogens (tertiary/aromatic N) is 6. The fourth-order valence-electron chi connectivity index (χ4n) is 8.37. The SMILES string of the molecule is CCC/C(CC)=C(\C)c1cc(C(=O)Nc2nc3ccc(N4CC5(C4)CN(C4CCN(C6=CC(F)CC(F)=C6)CC4)C5)cc3n2C)cc(C)n1. The van der Waals surface area contributed by atoms with Gasteiger partial charge in [-0.2, -0.15) is 0 Å². The number of amides is 1. The first-order valence-corrected chi connectivity index (χ1v) is 18.0. The fourth-order valence-corrected chi connectivity index (χ4v) is 8.37. The molecule has 1 aliphatic carbocycles. The van der Waals surface area contributed by atoms with Crippen LogP contribution in [0.25, 0.3) is 16.6 Å². The van der Waals surface area contributed by atoms with Crippen molar-refractivity contribution in [3.05, 3.63) is 76.5 Å². The third-order valence-corrected chi connectivity index (χ3v) is 11.1. The van der Waals surface area contributed by atoms with Gasteiger partial charge in [-0.1, -0.05) is 25.8 Å². The van der Waals surface area contributed by atoms with Crippen LogP contribution in [0.15, 0.2) is 59.6 Å². The Balaban J connectivity index is 0.955. The van der Waals surface area contributed by atoms with Gasteiger partial charge in [-0.15, -0.1) is 0 Å². The number of aryl methyl sites for hydroxylation is 2. The summed E-state index contributed by atoms with van der Waals surface area (Å²) in [6.07, 6.45) is 6.86. The van der Waals surface area contributed by atoms with Crippen LogP contribution in [0.5, 0.6) is 0 Å². The molecule has 0 radical (unpaired) electrons. The summed E-state index contributed by atoms with van der Waals surface area (Å²) in [6, 6.07) is 10.6. The number of carbonyl (C=O) groups excluding carboxylic acids is 1. The lowest BCUT2D eigenvalue weighted by Crippen LogP contribution is -2.74. The number of likely N-dealkylation sites (tertiary alicyclic amines) is 2. The molecule has 5 heterocycles. The van der Waals surface area contributed by atoms with Crippen LogP contribution in [-0.2, 0) is 7.05 Å². The molecule has 49 heavy (non-hydrogen) atoms. The maximum Gasteiger partial charge on any atom is 0.258 e. The lowest BCUT2D eigenvalue weighted by molar-refractivity contribution is -0.0618. The molecule has 1 aromatic carbocycles. The Morgan fingerprint density at radius 2 is 1.80 bits per heavy atom. The molecule has 0 saturated carbocycles. The van der Waals surface area contributed by atoms with Crippen molar-refractivity contribution >= 4 is 34.1 Å². The van der Waals surface area contributed by atoms with Gasteiger partial charge in [0, 0.05) is 86.8 Å². The van der Waals surface area contributed by atoms with Gasteiger partial charge in [0.25, 0.3) is 5.91 Å². The van der Waals surface area contributed by atoms with E-state index in [2.05, 4.69) is 52.9 Å². The van der Waals surface area contributed by atoms with Crippen LogP contribution in [0, 0.1) is 12.3 Å². The predicted molar refractivity (Wildman–Crippen MR) is 193 cm³/mol. The zero-order chi connectivity index (χ0) is 34.4. The first kappa shape index (κ1) is 33.4. The number of pyridine rings is 1. The van der Waals surface area contributed by atoms with Crippen LogP contribution >= 0.6 is 0 Å². The molecule has 3 aliphatic heterocycles. The Morgan fingerprint density at radius 1 is 1.04 bits per heavy atom. The zero-order valence-corrected chi connectivity index (χ0v) is 29.5. The molecule has 4 aliphatic rings. The van der Waals surface area contributed by atoms with Crippen molar-refractivity contribution in [3.8, 4) is 0 Å². The van der Waals surface area contributed by atoms with Crippen LogP contribution in [0.4, 0.5) is 20.4 Å². The normalized spacial score (nSPS) is 21.7. The average molecular weight is 670 g/mol. The van der Waals surface area contributed by atoms with Crippen LogP contribution in [0.3, 0.4) is 0 Å². The van der Waals surface area contributed by atoms with Gasteiger partial charge >= 0.3 is 0 Å². The third kappa shape index (κ3) is 6.64. The number of rotatable bonds is 9. The Labute approximate surface area is 288 Å². The third-order valence-electron chi connectivity index (χ3n) is 11.1. The number of piperidine rings is 1. The number of aromatic nitrogens is 3. The standard InChI is InChI=1S/C39H49F2N7O/c1-6-8-27(7-2)26(4)35-16-28(15-25(3)42-35)37(49)44-38-43-34-10-9-32(20-36(34)45(38)5)48-23-39(24-48)21-47(22-39)31-11-13-46(14-12-31)33-18-29(40)17-30(41)19-33/h9-10,15-16,18-20,29,31H,6-8,11-14,17,21-24H2,1-5H3,(H,43,44,49)/b27-26+. The molecule has 260 valence electrons. The van der Waals surface area contributed by atoms with E-state index in [9.17, 15) is 13.6 Å². The average Bonchev–Trinajstić information content (AvgIpc) is 3.35. The van der Waals surface area contributed by atoms with Gasteiger partial charge in [-0.3, -0.25) is 20.0 Å². The summed E-state index contributed by atoms with van der Waals surface area (Å²) < 4.78 is 29.6. The van der Waals surface area contributed by atoms with Crippen LogP contribution in [-0.4, -0.2) is 81.7 Å². The first-order chi connectivity index (χ1) is 23.5. The zero-order valence-electron chi connectivity index (χ0n) is 29.5. The Kier molecular flexibility index (Phi) is 9.11. The molecule has 0 bridgehead atoms. The minimum absolute atomic E-state index is 0.132. The first-order valence-electron chi connectivity index (χ1n) is 18.0. The molecule has 1 amide bonds. The van der Waals surface area contributed by atoms with Crippen molar-refractivity contribution in [2.45, 2.75) is 78.4 Å². The maximum atomic E-state index is 13.9. The van der Waals surface area contributed by atoms with E-state index in [1.165, 1.54) is 17.3 Å². The van der Waals surface area contributed by atoms with Gasteiger partial charge in [0.1, 0.15) is 12.0 Å². The number of nitrogens with one attached hydrogen (secondary N) is 1. The van der Waals surface area contributed by atoms with Crippen molar-refractivity contribution in [2.75, 3.05) is 49.5 Å². The highest BCUT2D eigenvalue weighted by Crippen LogP contribution is 2.44. The lowest BCUT2D eigenvalue weighted by Gasteiger charge is -2.63. The van der Waals surface area contributed by atoms with E-state index in [4.69, 9.17) is 9.97 Å². The number of fused-ring (bicyclic) bond motifs is 1. The summed E-state index contributed by atoms with van der Waals surface area (Å²) >= 11 is 0. The van der Waals surface area contributed by atoms with Crippen molar-refractivity contribution in [1.29, 1.82) is 0 Å². The summed E-state index contributed by atoms with van der Waals surface area (Å²) in [5, 5.41) is 3.05. The van der Waals surface area contributed by atoms with E-state index in [0.29, 0.717) is 28.7 Å². The second-order valence-corrected chi connectivity index (χ2v) is 14.7. The van der Waals surface area contributed by atoms with Gasteiger partial charge in [0.15, 0.2) is 0 Å². The molecule has 1 atom stereocenters. The maximum absolute atomic E-state index is 13.9. The summed E-state index contributed by atoms with van der Waals surface area (Å²) in [5.41, 5.74) is 8.83. The predicted octanol–water partition coefficient (Wildman–Crippen LogP) is 7.58. The molecule has 1 N–H and O–H groups in total. The number of alkyl halides is 1. The van der Waals surface area contributed by atoms with E-state index < -0.39 is 6.17 Å². The highest BCUT2D eigenvalue weighted by molar-refractivity contribution is 6.04. The minimum Gasteiger partial charge on any atom is -0.372 e. The molecule has 1 spiro atoms. The van der Waals surface area contributed by atoms with Crippen molar-refractivity contribution < 1.29 is 13.6 Å². The molecule has 1 unspecified atom stereocenters. The number of halogens is 2. The number of anilines is 2. The summed E-state index contributed by atoms with van der Waals surface area (Å²) in [5.74, 6) is -0.0317. The molecule has 2 aromatic heterocycles. The van der Waals surface area contributed by atoms with E-state index in [-0.39, 0.29) is 18.2 Å². The number of hydrogen-bond donors (Lipinski definition) is 1. The van der Waals surface area contributed by atoms with Gasteiger partial charge in [0.05, 0.1) is 16.7 Å². The van der Waals surface area contributed by atoms with Gasteiger partial charge in [0.2, 0.25) is 5.95 Å². The Bertz CT molecular complexity index is 1840. The van der Waals surface area contributed by atoms with Gasteiger partial charge in [-0.25, -0.2) is 13.8 Å². The second-order valence-electron chi connectivity index (χ2n) is 14.7. The molecule has 3 fully saturated rings. The molecule has 3 saturated heterocycles. The van der Waals surface area contributed by atoms with E-state index >= 15 is 0 Å². The molecular weight excluding hydrogens is 620 g/mol. The van der Waals surface area contributed by atoms with E-state index in [1.54, 1.807) is 6.08 Å². The van der Waals surface area contributed by atoms with Crippen LogP contribution in [0.1, 0.15) is 81.0 Å². The monoisotopic (exact) mass is 669 g/mol. The fraction of sp³-hybridized carbons (Fsp3) is 0.513. The van der Waals surface area contributed by atoms with Gasteiger partial charge < -0.3 is 14.4 Å². The van der Waals surface area contributed by atoms with E-state index in [0.717, 1.165) is 99.4 Å². The van der Waals surface area contributed by atoms with Crippen molar-refractivity contribution in [2.24, 2.45) is 12.5 Å². The highest BCUT2D eigenvalue weighted by atomic mass is 19.1. The van der Waals surface area contributed by atoms with E-state index in [1.807, 2.05) is 36.7 Å². The topological polar surface area (TPSA) is 69.5 Å². The number of hydrogen-bond acceptors (Lipinski definition) is 6. The Morgan fingerprint density at radius 3 is 2.49 bits per heavy atom. The van der Waals surface area contributed by atoms with Gasteiger partial charge in [-0.05, 0) is 87.6 Å². The second kappa shape index (κ2) is 13.3. The van der Waals surface area contributed by atoms with Crippen molar-refractivity contribution in [3.63, 3.8) is 0 Å². The minimum atomic E-state index is -1.22. The lowest BCUT2D eigenvalue weighted by atomic mass is 9.71. The van der Waals surface area contributed by atoms with Crippen LogP contribution in [0.2, 0.25) is 0 Å². The largest absolute Gasteiger partial charge is 0.372 e. The van der Waals surface area contributed by atoms with Crippen LogP contribution < -0.4 is 10.2 Å². The molecule has 10 heteroatoms. The quantitative estimate of drug-likeness (QED) is 0.254. The molecule has 8 nitrogen and oxygen atoms in total.